The minimum absolute atomic E-state index is 0.00749. The molecule has 22 heavy (non-hydrogen) atoms. The highest BCUT2D eigenvalue weighted by molar-refractivity contribution is 5.90. The largest absolute Gasteiger partial charge is 0.344 e. The Balaban J connectivity index is 1.55. The Kier molecular flexibility index (Phi) is 4.18. The first-order valence-corrected chi connectivity index (χ1v) is 8.18. The number of carbonyl (C=O) groups excluding carboxylic acids is 2. The van der Waals surface area contributed by atoms with Gasteiger partial charge >= 0.3 is 0 Å². The van der Waals surface area contributed by atoms with Crippen molar-refractivity contribution in [3.05, 3.63) is 17.5 Å². The lowest BCUT2D eigenvalue weighted by Gasteiger charge is -2.33. The highest BCUT2D eigenvalue weighted by Gasteiger charge is 2.33. The van der Waals surface area contributed by atoms with E-state index in [0.29, 0.717) is 24.7 Å². The van der Waals surface area contributed by atoms with Crippen molar-refractivity contribution in [3.8, 4) is 0 Å². The number of carbonyl (C=O) groups is 2. The third-order valence-electron chi connectivity index (χ3n) is 4.75. The van der Waals surface area contributed by atoms with Crippen molar-refractivity contribution >= 4 is 11.8 Å². The molecule has 120 valence electrons. The minimum Gasteiger partial charge on any atom is -0.344 e. The summed E-state index contributed by atoms with van der Waals surface area (Å²) in [5.74, 6) is 0.948. The molecule has 0 bridgehead atoms. The van der Waals surface area contributed by atoms with E-state index in [0.717, 1.165) is 31.6 Å². The standard InChI is InChI=1S/C16H24N4O2/c1-10(2)13-9-14(19-18-13)11-5-7-20(8-6-11)16(22)12-3-4-15(21)17-12/h9-12H,3-8H2,1-2H3,(H,17,21)(H,18,19)/t12-/m1/s1. The molecule has 6 heteroatoms. The highest BCUT2D eigenvalue weighted by atomic mass is 16.2. The Hall–Kier alpha value is -1.85. The van der Waals surface area contributed by atoms with Gasteiger partial charge in [-0.25, -0.2) is 0 Å². The molecular weight excluding hydrogens is 280 g/mol. The van der Waals surface area contributed by atoms with E-state index < -0.39 is 0 Å². The van der Waals surface area contributed by atoms with Crippen LogP contribution in [0.5, 0.6) is 0 Å². The van der Waals surface area contributed by atoms with Gasteiger partial charge in [-0.2, -0.15) is 5.10 Å². The smallest absolute Gasteiger partial charge is 0.245 e. The number of aromatic amines is 1. The summed E-state index contributed by atoms with van der Waals surface area (Å²) < 4.78 is 0. The number of amides is 2. The van der Waals surface area contributed by atoms with E-state index in [4.69, 9.17) is 0 Å². The van der Waals surface area contributed by atoms with Crippen LogP contribution in [-0.4, -0.2) is 46.0 Å². The van der Waals surface area contributed by atoms with Crippen LogP contribution in [0, 0.1) is 0 Å². The molecule has 2 saturated heterocycles. The first kappa shape index (κ1) is 15.1. The zero-order chi connectivity index (χ0) is 15.7. The molecule has 3 rings (SSSR count). The third-order valence-corrected chi connectivity index (χ3v) is 4.75. The molecule has 0 aromatic carbocycles. The van der Waals surface area contributed by atoms with Gasteiger partial charge < -0.3 is 10.2 Å². The van der Waals surface area contributed by atoms with Crippen molar-refractivity contribution in [1.82, 2.24) is 20.4 Å². The number of rotatable bonds is 3. The molecule has 0 spiro atoms. The minimum atomic E-state index is -0.302. The van der Waals surface area contributed by atoms with Crippen molar-refractivity contribution in [2.75, 3.05) is 13.1 Å². The number of aromatic nitrogens is 2. The number of hydrogen-bond donors (Lipinski definition) is 2. The molecule has 2 fully saturated rings. The fourth-order valence-electron chi connectivity index (χ4n) is 3.29. The van der Waals surface area contributed by atoms with Gasteiger partial charge in [0.1, 0.15) is 6.04 Å². The van der Waals surface area contributed by atoms with Gasteiger partial charge in [-0.1, -0.05) is 13.8 Å². The highest BCUT2D eigenvalue weighted by Crippen LogP contribution is 2.29. The predicted molar refractivity (Wildman–Crippen MR) is 82.4 cm³/mol. The molecule has 1 atom stereocenters. The van der Waals surface area contributed by atoms with Crippen molar-refractivity contribution < 1.29 is 9.59 Å². The van der Waals surface area contributed by atoms with Crippen molar-refractivity contribution in [2.45, 2.75) is 57.4 Å². The van der Waals surface area contributed by atoms with E-state index >= 15 is 0 Å². The molecule has 2 aliphatic rings. The second-order valence-electron chi connectivity index (χ2n) is 6.66. The molecule has 0 radical (unpaired) electrons. The molecule has 0 saturated carbocycles. The molecule has 2 aliphatic heterocycles. The monoisotopic (exact) mass is 304 g/mol. The molecule has 2 amide bonds. The van der Waals surface area contributed by atoms with Crippen LogP contribution < -0.4 is 5.32 Å². The molecule has 3 heterocycles. The average Bonchev–Trinajstić information content (AvgIpc) is 3.16. The molecular formula is C16H24N4O2. The van der Waals surface area contributed by atoms with Crippen LogP contribution in [0.25, 0.3) is 0 Å². The van der Waals surface area contributed by atoms with Gasteiger partial charge in [0.05, 0.1) is 5.69 Å². The number of H-pyrrole nitrogens is 1. The molecule has 0 unspecified atom stereocenters. The van der Waals surface area contributed by atoms with Crippen LogP contribution in [0.1, 0.15) is 62.8 Å². The van der Waals surface area contributed by atoms with E-state index in [9.17, 15) is 9.59 Å². The maximum absolute atomic E-state index is 12.4. The van der Waals surface area contributed by atoms with Crippen molar-refractivity contribution in [1.29, 1.82) is 0 Å². The molecule has 2 N–H and O–H groups in total. The number of hydrogen-bond acceptors (Lipinski definition) is 3. The van der Waals surface area contributed by atoms with Crippen LogP contribution in [0.2, 0.25) is 0 Å². The summed E-state index contributed by atoms with van der Waals surface area (Å²) in [4.78, 5) is 25.5. The molecule has 1 aromatic heterocycles. The Morgan fingerprint density at radius 2 is 2.05 bits per heavy atom. The van der Waals surface area contributed by atoms with Crippen LogP contribution in [-0.2, 0) is 9.59 Å². The lowest BCUT2D eigenvalue weighted by molar-refractivity contribution is -0.135. The molecule has 6 nitrogen and oxygen atoms in total. The zero-order valence-electron chi connectivity index (χ0n) is 13.3. The number of likely N-dealkylation sites (tertiary alicyclic amines) is 1. The fraction of sp³-hybridized carbons (Fsp3) is 0.688. The van der Waals surface area contributed by atoms with Gasteiger partial charge in [-0.05, 0) is 31.2 Å². The maximum atomic E-state index is 12.4. The Labute approximate surface area is 130 Å². The topological polar surface area (TPSA) is 78.1 Å². The number of nitrogens with zero attached hydrogens (tertiary/aromatic N) is 2. The van der Waals surface area contributed by atoms with E-state index in [1.807, 2.05) is 4.90 Å². The van der Waals surface area contributed by atoms with Crippen molar-refractivity contribution in [3.63, 3.8) is 0 Å². The van der Waals surface area contributed by atoms with Crippen molar-refractivity contribution in [2.24, 2.45) is 0 Å². The van der Waals surface area contributed by atoms with E-state index in [2.05, 4.69) is 35.4 Å². The summed E-state index contributed by atoms with van der Waals surface area (Å²) in [5.41, 5.74) is 2.28. The van der Waals surface area contributed by atoms with E-state index in [1.165, 1.54) is 5.69 Å². The van der Waals surface area contributed by atoms with Gasteiger partial charge in [-0.15, -0.1) is 0 Å². The predicted octanol–water partition coefficient (Wildman–Crippen LogP) is 1.52. The first-order chi connectivity index (χ1) is 10.5. The fourth-order valence-corrected chi connectivity index (χ4v) is 3.29. The summed E-state index contributed by atoms with van der Waals surface area (Å²) in [7, 11) is 0. The Morgan fingerprint density at radius 3 is 2.59 bits per heavy atom. The quantitative estimate of drug-likeness (QED) is 0.888. The first-order valence-electron chi connectivity index (χ1n) is 8.18. The van der Waals surface area contributed by atoms with Gasteiger partial charge in [0.25, 0.3) is 0 Å². The summed E-state index contributed by atoms with van der Waals surface area (Å²) in [5, 5.41) is 10.3. The SMILES string of the molecule is CC(C)c1cc(C2CCN(C(=O)[C@H]3CCC(=O)N3)CC2)[nH]n1. The summed E-state index contributed by atoms with van der Waals surface area (Å²) in [6, 6.07) is 1.85. The summed E-state index contributed by atoms with van der Waals surface area (Å²) in [6.45, 7) is 5.78. The average molecular weight is 304 g/mol. The second kappa shape index (κ2) is 6.10. The molecule has 0 aliphatic carbocycles. The van der Waals surface area contributed by atoms with Crippen LogP contribution in [0.4, 0.5) is 0 Å². The van der Waals surface area contributed by atoms with Gasteiger partial charge in [0.15, 0.2) is 0 Å². The van der Waals surface area contributed by atoms with Gasteiger partial charge in [0.2, 0.25) is 11.8 Å². The molecule has 1 aromatic rings. The summed E-state index contributed by atoms with van der Waals surface area (Å²) >= 11 is 0. The normalized spacial score (nSPS) is 23.1. The van der Waals surface area contributed by atoms with E-state index in [1.54, 1.807) is 0 Å². The van der Waals surface area contributed by atoms with E-state index in [-0.39, 0.29) is 17.9 Å². The van der Waals surface area contributed by atoms with Crippen LogP contribution in [0.15, 0.2) is 6.07 Å². The lowest BCUT2D eigenvalue weighted by atomic mass is 9.92. The Morgan fingerprint density at radius 1 is 1.32 bits per heavy atom. The summed E-state index contributed by atoms with van der Waals surface area (Å²) in [6.07, 6.45) is 3.01. The van der Waals surface area contributed by atoms with Gasteiger partial charge in [-0.3, -0.25) is 14.7 Å². The van der Waals surface area contributed by atoms with Crippen LogP contribution in [0.3, 0.4) is 0 Å². The second-order valence-corrected chi connectivity index (χ2v) is 6.66. The Bertz CT molecular complexity index is 558. The zero-order valence-corrected chi connectivity index (χ0v) is 13.3. The van der Waals surface area contributed by atoms with Crippen LogP contribution >= 0.6 is 0 Å². The van der Waals surface area contributed by atoms with Gasteiger partial charge in [0, 0.05) is 31.1 Å². The number of nitrogens with one attached hydrogen (secondary N) is 2. The lowest BCUT2D eigenvalue weighted by Crippen LogP contribution is -2.47. The third kappa shape index (κ3) is 3.00. The maximum Gasteiger partial charge on any atom is 0.245 e. The number of piperidine rings is 1.